The molecule has 0 bridgehead atoms. The second kappa shape index (κ2) is 7.89. The molecule has 0 heterocycles. The van der Waals surface area contributed by atoms with Crippen molar-refractivity contribution in [1.82, 2.24) is 0 Å². The average molecular weight is 327 g/mol. The third kappa shape index (κ3) is 8.36. The van der Waals surface area contributed by atoms with E-state index in [-0.39, 0.29) is 24.4 Å². The maximum absolute atomic E-state index is 10.8. The summed E-state index contributed by atoms with van der Waals surface area (Å²) in [5, 5.41) is 0.171. The van der Waals surface area contributed by atoms with Crippen molar-refractivity contribution in [1.29, 1.82) is 0 Å². The molecule has 0 fully saturated rings. The number of hydrogen-bond acceptors (Lipinski definition) is 5. The molecule has 0 aromatic carbocycles. The molecule has 0 rings (SSSR count). The van der Waals surface area contributed by atoms with Crippen LogP contribution >= 0.6 is 0 Å². The van der Waals surface area contributed by atoms with Gasteiger partial charge in [-0.1, -0.05) is 27.7 Å². The summed E-state index contributed by atoms with van der Waals surface area (Å²) in [5.41, 5.74) is 0. The molecule has 0 aliphatic rings. The second-order valence-electron chi connectivity index (χ2n) is 6.50. The van der Waals surface area contributed by atoms with Crippen molar-refractivity contribution in [3.63, 3.8) is 0 Å². The van der Waals surface area contributed by atoms with Gasteiger partial charge < -0.3 is 9.16 Å². The van der Waals surface area contributed by atoms with Gasteiger partial charge in [0, 0.05) is 0 Å². The van der Waals surface area contributed by atoms with Crippen molar-refractivity contribution < 1.29 is 21.8 Å². The zero-order valence-corrected chi connectivity index (χ0v) is 15.7. The molecule has 0 unspecified atom stereocenters. The lowest BCUT2D eigenvalue weighted by molar-refractivity contribution is 0.00245. The van der Waals surface area contributed by atoms with E-state index < -0.39 is 18.4 Å². The van der Waals surface area contributed by atoms with Crippen LogP contribution in [0, 0.1) is 0 Å². The number of hydrogen-bond donors (Lipinski definition) is 0. The van der Waals surface area contributed by atoms with E-state index in [0.29, 0.717) is 6.61 Å². The first-order valence-corrected chi connectivity index (χ1v) is 11.7. The van der Waals surface area contributed by atoms with E-state index in [4.69, 9.17) is 9.16 Å². The first kappa shape index (κ1) is 20.0. The molecule has 0 aromatic heterocycles. The fraction of sp³-hybridized carbons (Fsp3) is 1.00. The highest BCUT2D eigenvalue weighted by Gasteiger charge is 2.37. The van der Waals surface area contributed by atoms with Crippen LogP contribution in [-0.2, 0) is 23.5 Å². The fourth-order valence-electron chi connectivity index (χ4n) is 1.20. The Morgan fingerprint density at radius 1 is 1.15 bits per heavy atom. The summed E-state index contributed by atoms with van der Waals surface area (Å²) in [6.07, 6.45) is 1.84. The smallest absolute Gasteiger partial charge is 0.264 e. The van der Waals surface area contributed by atoms with Gasteiger partial charge in [0.1, 0.15) is 0 Å². The minimum absolute atomic E-state index is 0.0210. The van der Waals surface area contributed by atoms with Crippen molar-refractivity contribution in [2.24, 2.45) is 0 Å². The molecular weight excluding hydrogens is 296 g/mol. The summed E-state index contributed by atoms with van der Waals surface area (Å²) in [5.74, 6) is 0. The Bertz CT molecular complexity index is 373. The van der Waals surface area contributed by atoms with Gasteiger partial charge >= 0.3 is 0 Å². The van der Waals surface area contributed by atoms with Gasteiger partial charge in [-0.3, -0.25) is 4.18 Å². The lowest BCUT2D eigenvalue weighted by Crippen LogP contribution is -2.43. The van der Waals surface area contributed by atoms with Crippen LogP contribution in [0.1, 0.15) is 34.1 Å². The van der Waals surface area contributed by atoms with Gasteiger partial charge in [0.05, 0.1) is 32.2 Å². The van der Waals surface area contributed by atoms with Gasteiger partial charge in [0.15, 0.2) is 8.32 Å². The molecule has 0 saturated heterocycles. The van der Waals surface area contributed by atoms with Gasteiger partial charge in [0.25, 0.3) is 10.1 Å². The molecular formula is C13H30O5SSi. The lowest BCUT2D eigenvalue weighted by atomic mass is 10.2. The van der Waals surface area contributed by atoms with E-state index in [2.05, 4.69) is 38.0 Å². The van der Waals surface area contributed by atoms with Gasteiger partial charge in [-0.25, -0.2) is 0 Å². The molecule has 0 amide bonds. The molecule has 0 spiro atoms. The van der Waals surface area contributed by atoms with Crippen molar-refractivity contribution in [2.45, 2.75) is 58.4 Å². The van der Waals surface area contributed by atoms with E-state index in [1.807, 2.05) is 6.92 Å². The van der Waals surface area contributed by atoms with Crippen LogP contribution in [0.3, 0.4) is 0 Å². The summed E-state index contributed by atoms with van der Waals surface area (Å²) in [6.45, 7) is 13.9. The Kier molecular flexibility index (Phi) is 7.90. The van der Waals surface area contributed by atoms with E-state index in [1.54, 1.807) is 0 Å². The maximum Gasteiger partial charge on any atom is 0.264 e. The van der Waals surface area contributed by atoms with E-state index in [9.17, 15) is 8.42 Å². The molecule has 0 aliphatic carbocycles. The van der Waals surface area contributed by atoms with Crippen LogP contribution in [0.25, 0.3) is 0 Å². The zero-order valence-electron chi connectivity index (χ0n) is 13.9. The fourth-order valence-corrected chi connectivity index (χ4v) is 2.61. The highest BCUT2D eigenvalue weighted by Crippen LogP contribution is 2.36. The molecule has 0 saturated carbocycles. The summed E-state index contributed by atoms with van der Waals surface area (Å²) in [7, 11) is -5.16. The summed E-state index contributed by atoms with van der Waals surface area (Å²) >= 11 is 0. The minimum Gasteiger partial charge on any atom is -0.414 e. The summed E-state index contributed by atoms with van der Waals surface area (Å²) < 4.78 is 38.0. The molecule has 0 aromatic rings. The monoisotopic (exact) mass is 326 g/mol. The van der Waals surface area contributed by atoms with Gasteiger partial charge in [-0.15, -0.1) is 0 Å². The molecule has 5 nitrogen and oxygen atoms in total. The molecule has 20 heavy (non-hydrogen) atoms. The SMILES string of the molecule is CC[C@H](CO[Si](C)(C)C(C)(C)C)OCCOS(C)(=O)=O. The van der Waals surface area contributed by atoms with Crippen molar-refractivity contribution in [3.05, 3.63) is 0 Å². The zero-order chi connectivity index (χ0) is 16.0. The Hall–Kier alpha value is 0.0469. The highest BCUT2D eigenvalue weighted by molar-refractivity contribution is 7.85. The number of ether oxygens (including phenoxy) is 1. The Labute approximate surface area is 125 Å². The third-order valence-corrected chi connectivity index (χ3v) is 8.72. The van der Waals surface area contributed by atoms with Crippen LogP contribution in [0.2, 0.25) is 18.1 Å². The van der Waals surface area contributed by atoms with E-state index in [0.717, 1.165) is 12.7 Å². The molecule has 0 radical (unpaired) electrons. The van der Waals surface area contributed by atoms with Gasteiger partial charge in [-0.05, 0) is 24.6 Å². The number of rotatable bonds is 9. The van der Waals surface area contributed by atoms with Crippen molar-refractivity contribution in [2.75, 3.05) is 26.1 Å². The molecule has 1 atom stereocenters. The largest absolute Gasteiger partial charge is 0.414 e. The summed E-state index contributed by atoms with van der Waals surface area (Å²) in [6, 6.07) is 0. The van der Waals surface area contributed by atoms with E-state index >= 15 is 0 Å². The Morgan fingerprint density at radius 3 is 2.10 bits per heavy atom. The normalized spacial score (nSPS) is 15.3. The topological polar surface area (TPSA) is 61.8 Å². The molecule has 0 N–H and O–H groups in total. The maximum atomic E-state index is 10.8. The van der Waals surface area contributed by atoms with Gasteiger partial charge in [0.2, 0.25) is 0 Å². The Balaban J connectivity index is 4.11. The predicted molar refractivity (Wildman–Crippen MR) is 84.0 cm³/mol. The molecule has 122 valence electrons. The van der Waals surface area contributed by atoms with Gasteiger partial charge in [-0.2, -0.15) is 8.42 Å². The van der Waals surface area contributed by atoms with E-state index in [1.165, 1.54) is 0 Å². The Morgan fingerprint density at radius 2 is 1.70 bits per heavy atom. The predicted octanol–water partition coefficient (Wildman–Crippen LogP) is 2.78. The first-order chi connectivity index (χ1) is 8.89. The lowest BCUT2D eigenvalue weighted by Gasteiger charge is -2.37. The third-order valence-electron chi connectivity index (χ3n) is 3.63. The van der Waals surface area contributed by atoms with Crippen LogP contribution in [0.4, 0.5) is 0 Å². The van der Waals surface area contributed by atoms with Crippen LogP contribution in [0.5, 0.6) is 0 Å². The second-order valence-corrected chi connectivity index (χ2v) is 13.0. The average Bonchev–Trinajstić information content (AvgIpc) is 2.25. The first-order valence-electron chi connectivity index (χ1n) is 6.99. The quantitative estimate of drug-likeness (QED) is 0.370. The summed E-state index contributed by atoms with van der Waals surface area (Å²) in [4.78, 5) is 0. The van der Waals surface area contributed by atoms with Crippen molar-refractivity contribution >= 4 is 18.4 Å². The highest BCUT2D eigenvalue weighted by atomic mass is 32.2. The minimum atomic E-state index is -3.39. The van der Waals surface area contributed by atoms with Crippen LogP contribution in [-0.4, -0.2) is 48.9 Å². The molecule has 7 heteroatoms. The van der Waals surface area contributed by atoms with Crippen LogP contribution < -0.4 is 0 Å². The van der Waals surface area contributed by atoms with Crippen molar-refractivity contribution in [3.8, 4) is 0 Å². The van der Waals surface area contributed by atoms with Crippen LogP contribution in [0.15, 0.2) is 0 Å². The standard InChI is InChI=1S/C13H30O5SSi/c1-8-12(16-9-10-17-19(5,14)15)11-18-20(6,7)13(2,3)4/h12H,8-11H2,1-7H3/t12-/m1/s1. The molecule has 0 aliphatic heterocycles.